The molecule has 0 radical (unpaired) electrons. The number of piperazine rings is 1. The number of hydrogen-bond acceptors (Lipinski definition) is 7. The van der Waals surface area contributed by atoms with Gasteiger partial charge in [0.05, 0.1) is 23.4 Å². The van der Waals surface area contributed by atoms with Crippen LogP contribution in [0.2, 0.25) is 5.02 Å². The van der Waals surface area contributed by atoms with Gasteiger partial charge in [-0.05, 0) is 37.4 Å². The Morgan fingerprint density at radius 3 is 2.48 bits per heavy atom. The molecule has 1 aromatic heterocycles. The van der Waals surface area contributed by atoms with Crippen LogP contribution in [-0.2, 0) is 4.74 Å². The van der Waals surface area contributed by atoms with Crippen LogP contribution in [0.1, 0.15) is 20.8 Å². The summed E-state index contributed by atoms with van der Waals surface area (Å²) in [7, 11) is 3.34. The summed E-state index contributed by atoms with van der Waals surface area (Å²) in [5.74, 6) is -0.185. The number of aromatic nitrogens is 2. The van der Waals surface area contributed by atoms with Gasteiger partial charge in [-0.1, -0.05) is 11.6 Å². The van der Waals surface area contributed by atoms with E-state index in [1.807, 2.05) is 7.05 Å². The molecule has 1 N–H and O–H groups in total. The van der Waals surface area contributed by atoms with E-state index in [2.05, 4.69) is 20.4 Å². The van der Waals surface area contributed by atoms with Gasteiger partial charge in [-0.2, -0.15) is 0 Å². The van der Waals surface area contributed by atoms with Crippen molar-refractivity contribution < 1.29 is 14.3 Å². The van der Waals surface area contributed by atoms with E-state index >= 15 is 0 Å². The van der Waals surface area contributed by atoms with Crippen molar-refractivity contribution in [2.75, 3.05) is 45.7 Å². The number of carbonyl (C=O) groups excluding carboxylic acids is 2. The van der Waals surface area contributed by atoms with Crippen molar-refractivity contribution in [3.8, 4) is 0 Å². The number of esters is 1. The Morgan fingerprint density at radius 2 is 1.85 bits per heavy atom. The minimum atomic E-state index is -0.464. The van der Waals surface area contributed by atoms with E-state index in [1.54, 1.807) is 35.2 Å². The molecule has 1 aliphatic rings. The van der Waals surface area contributed by atoms with Gasteiger partial charge in [0.1, 0.15) is 0 Å². The Bertz CT molecular complexity index is 835. The number of likely N-dealkylation sites (N-methyl/N-ethyl adjacent to an activating group) is 1. The van der Waals surface area contributed by atoms with Crippen LogP contribution >= 0.6 is 11.6 Å². The van der Waals surface area contributed by atoms with E-state index in [9.17, 15) is 9.59 Å². The summed E-state index contributed by atoms with van der Waals surface area (Å²) >= 11 is 6.16. The maximum absolute atomic E-state index is 12.5. The normalized spacial score (nSPS) is 14.7. The number of benzene rings is 1. The van der Waals surface area contributed by atoms with Crippen molar-refractivity contribution in [1.29, 1.82) is 0 Å². The summed E-state index contributed by atoms with van der Waals surface area (Å²) in [6, 6.07) is 8.00. The van der Waals surface area contributed by atoms with Gasteiger partial charge in [0.25, 0.3) is 5.91 Å². The smallest absolute Gasteiger partial charge is 0.337 e. The summed E-state index contributed by atoms with van der Waals surface area (Å²) in [6.45, 7) is 3.03. The Hall–Kier alpha value is -2.71. The van der Waals surface area contributed by atoms with Crippen LogP contribution in [0.5, 0.6) is 0 Å². The van der Waals surface area contributed by atoms with Gasteiger partial charge in [-0.3, -0.25) is 4.79 Å². The van der Waals surface area contributed by atoms with Crippen molar-refractivity contribution in [2.24, 2.45) is 0 Å². The third-order valence-electron chi connectivity index (χ3n) is 4.32. The number of nitrogens with zero attached hydrogens (tertiary/aromatic N) is 4. The Labute approximate surface area is 162 Å². The molecular weight excluding hydrogens is 370 g/mol. The van der Waals surface area contributed by atoms with Gasteiger partial charge in [0, 0.05) is 26.2 Å². The van der Waals surface area contributed by atoms with Crippen molar-refractivity contribution in [2.45, 2.75) is 0 Å². The highest BCUT2D eigenvalue weighted by Gasteiger charge is 2.21. The van der Waals surface area contributed by atoms with Crippen LogP contribution in [0, 0.1) is 0 Å². The molecule has 9 heteroatoms. The summed E-state index contributed by atoms with van der Waals surface area (Å²) in [5.41, 5.74) is 1.14. The van der Waals surface area contributed by atoms with Crippen molar-refractivity contribution in [3.05, 3.63) is 46.6 Å². The van der Waals surface area contributed by atoms with Crippen molar-refractivity contribution in [3.63, 3.8) is 0 Å². The van der Waals surface area contributed by atoms with Gasteiger partial charge in [0.15, 0.2) is 11.5 Å². The number of rotatable bonds is 4. The Kier molecular flexibility index (Phi) is 5.88. The molecule has 0 unspecified atom stereocenters. The van der Waals surface area contributed by atoms with Crippen molar-refractivity contribution in [1.82, 2.24) is 20.0 Å². The first-order chi connectivity index (χ1) is 13.0. The highest BCUT2D eigenvalue weighted by Crippen LogP contribution is 2.26. The number of carbonyl (C=O) groups is 2. The molecule has 0 aliphatic carbocycles. The second-order valence-corrected chi connectivity index (χ2v) is 6.62. The third kappa shape index (κ3) is 4.53. The molecule has 1 aliphatic heterocycles. The second kappa shape index (κ2) is 8.32. The van der Waals surface area contributed by atoms with Crippen LogP contribution in [-0.4, -0.2) is 72.2 Å². The van der Waals surface area contributed by atoms with Gasteiger partial charge in [0.2, 0.25) is 0 Å². The van der Waals surface area contributed by atoms with Gasteiger partial charge >= 0.3 is 5.97 Å². The van der Waals surface area contributed by atoms with Gasteiger partial charge in [-0.15, -0.1) is 10.2 Å². The minimum Gasteiger partial charge on any atom is -0.465 e. The first kappa shape index (κ1) is 19.1. The largest absolute Gasteiger partial charge is 0.465 e. The molecule has 1 amide bonds. The molecule has 1 saturated heterocycles. The zero-order valence-corrected chi connectivity index (χ0v) is 15.9. The van der Waals surface area contributed by atoms with E-state index in [0.29, 0.717) is 40.9 Å². The average Bonchev–Trinajstić information content (AvgIpc) is 2.69. The van der Waals surface area contributed by atoms with E-state index in [4.69, 9.17) is 16.3 Å². The van der Waals surface area contributed by atoms with Crippen LogP contribution in [0.15, 0.2) is 30.3 Å². The molecule has 8 nitrogen and oxygen atoms in total. The molecule has 2 aromatic rings. The van der Waals surface area contributed by atoms with Crippen LogP contribution in [0.25, 0.3) is 0 Å². The topological polar surface area (TPSA) is 87.7 Å². The average molecular weight is 390 g/mol. The molecule has 142 valence electrons. The summed E-state index contributed by atoms with van der Waals surface area (Å²) < 4.78 is 4.70. The lowest BCUT2D eigenvalue weighted by Gasteiger charge is -2.32. The number of anilines is 2. The van der Waals surface area contributed by atoms with Crippen LogP contribution in [0.3, 0.4) is 0 Å². The standard InChI is InChI=1S/C18H20ClN5O3/c1-23-7-9-24(10-8-23)17(25)14-5-6-16(22-21-14)20-15-11-12(18(26)27-2)3-4-13(15)19/h3-6,11H,7-10H2,1-2H3,(H,20,22). The lowest BCUT2D eigenvalue weighted by molar-refractivity contribution is 0.0599. The number of nitrogens with one attached hydrogen (secondary N) is 1. The zero-order valence-electron chi connectivity index (χ0n) is 15.1. The Morgan fingerprint density at radius 1 is 1.11 bits per heavy atom. The highest BCUT2D eigenvalue weighted by atomic mass is 35.5. The third-order valence-corrected chi connectivity index (χ3v) is 4.65. The number of ether oxygens (including phenoxy) is 1. The molecule has 2 heterocycles. The minimum absolute atomic E-state index is 0.132. The lowest BCUT2D eigenvalue weighted by atomic mass is 10.2. The molecular formula is C18H20ClN5O3. The van der Waals surface area contributed by atoms with Crippen LogP contribution in [0.4, 0.5) is 11.5 Å². The quantitative estimate of drug-likeness (QED) is 0.800. The number of amides is 1. The lowest BCUT2D eigenvalue weighted by Crippen LogP contribution is -2.47. The van der Waals surface area contributed by atoms with E-state index in [-0.39, 0.29) is 5.91 Å². The van der Waals surface area contributed by atoms with Gasteiger partial charge in [-0.25, -0.2) is 4.79 Å². The molecule has 0 spiro atoms. The maximum atomic E-state index is 12.5. The SMILES string of the molecule is COC(=O)c1ccc(Cl)c(Nc2ccc(C(=O)N3CCN(C)CC3)nn2)c1. The fourth-order valence-electron chi connectivity index (χ4n) is 2.69. The fourth-order valence-corrected chi connectivity index (χ4v) is 2.85. The predicted octanol–water partition coefficient (Wildman–Crippen LogP) is 2.05. The second-order valence-electron chi connectivity index (χ2n) is 6.21. The molecule has 0 atom stereocenters. The van der Waals surface area contributed by atoms with Crippen LogP contribution < -0.4 is 5.32 Å². The molecule has 1 aromatic carbocycles. The molecule has 0 bridgehead atoms. The summed E-state index contributed by atoms with van der Waals surface area (Å²) in [4.78, 5) is 28.1. The number of hydrogen-bond donors (Lipinski definition) is 1. The fraction of sp³-hybridized carbons (Fsp3) is 0.333. The van der Waals surface area contributed by atoms with Crippen molar-refractivity contribution >= 4 is 35.0 Å². The summed E-state index contributed by atoms with van der Waals surface area (Å²) in [6.07, 6.45) is 0. The number of halogens is 1. The number of methoxy groups -OCH3 is 1. The first-order valence-corrected chi connectivity index (χ1v) is 8.82. The Balaban J connectivity index is 1.71. The molecule has 27 heavy (non-hydrogen) atoms. The molecule has 0 saturated carbocycles. The summed E-state index contributed by atoms with van der Waals surface area (Å²) in [5, 5.41) is 11.5. The van der Waals surface area contributed by atoms with E-state index in [1.165, 1.54) is 7.11 Å². The van der Waals surface area contributed by atoms with Gasteiger partial charge < -0.3 is 19.9 Å². The zero-order chi connectivity index (χ0) is 19.4. The highest BCUT2D eigenvalue weighted by molar-refractivity contribution is 6.33. The predicted molar refractivity (Wildman–Crippen MR) is 102 cm³/mol. The first-order valence-electron chi connectivity index (χ1n) is 8.44. The van der Waals surface area contributed by atoms with E-state index < -0.39 is 5.97 Å². The molecule has 1 fully saturated rings. The maximum Gasteiger partial charge on any atom is 0.337 e. The van der Waals surface area contributed by atoms with E-state index in [0.717, 1.165) is 13.1 Å². The monoisotopic (exact) mass is 389 g/mol. The molecule has 3 rings (SSSR count).